The number of nitrogens with zero attached hydrogens (tertiary/aromatic N) is 2. The smallest absolute Gasteiger partial charge is 0.230 e. The van der Waals surface area contributed by atoms with Crippen molar-refractivity contribution in [3.63, 3.8) is 0 Å². The molecule has 2 aromatic heterocycles. The normalized spacial score (nSPS) is 29.8. The topological polar surface area (TPSA) is 48.2 Å². The Hall–Kier alpha value is -1.20. The van der Waals surface area contributed by atoms with Gasteiger partial charge in [-0.05, 0) is 31.9 Å². The predicted octanol–water partition coefficient (Wildman–Crippen LogP) is 3.21. The van der Waals surface area contributed by atoms with E-state index >= 15 is 0 Å². The fraction of sp³-hybridized carbons (Fsp3) is 0.571. The van der Waals surface area contributed by atoms with E-state index in [1.54, 1.807) is 0 Å². The number of aromatic nitrogens is 2. The van der Waals surface area contributed by atoms with Gasteiger partial charge in [0.2, 0.25) is 5.89 Å². The zero-order valence-corrected chi connectivity index (χ0v) is 11.7. The Kier molecular flexibility index (Phi) is 2.70. The van der Waals surface area contributed by atoms with Gasteiger partial charge >= 0.3 is 0 Å². The SMILES string of the molecule is Cc1ccc(C2CC2c2nc(C3CCOC3)no2)s1. The Morgan fingerprint density at radius 2 is 2.26 bits per heavy atom. The molecule has 0 amide bonds. The van der Waals surface area contributed by atoms with Crippen LogP contribution in [0.4, 0.5) is 0 Å². The Bertz CT molecular complexity index is 586. The maximum Gasteiger partial charge on any atom is 0.230 e. The quantitative estimate of drug-likeness (QED) is 0.863. The molecule has 3 atom stereocenters. The standard InChI is InChI=1S/C14H16N2O2S/c1-8-2-3-12(19-8)10-6-11(10)14-15-13(16-18-14)9-4-5-17-7-9/h2-3,9-11H,4-7H2,1H3. The van der Waals surface area contributed by atoms with Gasteiger partial charge in [-0.1, -0.05) is 5.16 Å². The third-order valence-electron chi connectivity index (χ3n) is 3.99. The van der Waals surface area contributed by atoms with E-state index in [1.165, 1.54) is 9.75 Å². The number of ether oxygens (including phenoxy) is 1. The van der Waals surface area contributed by atoms with Crippen molar-refractivity contribution in [1.82, 2.24) is 10.1 Å². The molecule has 5 heteroatoms. The Balaban J connectivity index is 1.49. The van der Waals surface area contributed by atoms with E-state index in [1.807, 2.05) is 11.3 Å². The van der Waals surface area contributed by atoms with E-state index in [9.17, 15) is 0 Å². The van der Waals surface area contributed by atoms with Crippen molar-refractivity contribution in [1.29, 1.82) is 0 Å². The second-order valence-electron chi connectivity index (χ2n) is 5.45. The van der Waals surface area contributed by atoms with Gasteiger partial charge in [0.25, 0.3) is 0 Å². The number of aryl methyl sites for hydroxylation is 1. The summed E-state index contributed by atoms with van der Waals surface area (Å²) in [6.07, 6.45) is 2.15. The molecule has 1 aliphatic heterocycles. The average Bonchev–Trinajstić information content (AvgIpc) is 2.86. The van der Waals surface area contributed by atoms with Crippen LogP contribution in [0.5, 0.6) is 0 Å². The summed E-state index contributed by atoms with van der Waals surface area (Å²) in [6.45, 7) is 3.70. The molecule has 0 radical (unpaired) electrons. The van der Waals surface area contributed by atoms with Crippen molar-refractivity contribution in [3.05, 3.63) is 33.6 Å². The van der Waals surface area contributed by atoms with Crippen molar-refractivity contribution in [3.8, 4) is 0 Å². The molecule has 0 spiro atoms. The van der Waals surface area contributed by atoms with Crippen molar-refractivity contribution in [2.45, 2.75) is 37.5 Å². The van der Waals surface area contributed by atoms with E-state index in [4.69, 9.17) is 9.26 Å². The largest absolute Gasteiger partial charge is 0.381 e. The van der Waals surface area contributed by atoms with Gasteiger partial charge < -0.3 is 9.26 Å². The number of thiophene rings is 1. The monoisotopic (exact) mass is 276 g/mol. The fourth-order valence-electron chi connectivity index (χ4n) is 2.74. The molecule has 4 rings (SSSR count). The zero-order valence-electron chi connectivity index (χ0n) is 10.8. The lowest BCUT2D eigenvalue weighted by Gasteiger charge is -1.97. The zero-order chi connectivity index (χ0) is 12.8. The summed E-state index contributed by atoms with van der Waals surface area (Å²) in [5.41, 5.74) is 0. The molecular formula is C14H16N2O2S. The predicted molar refractivity (Wildman–Crippen MR) is 71.6 cm³/mol. The van der Waals surface area contributed by atoms with Crippen LogP contribution in [0.3, 0.4) is 0 Å². The molecule has 19 heavy (non-hydrogen) atoms. The number of hydrogen-bond donors (Lipinski definition) is 0. The molecule has 3 heterocycles. The Morgan fingerprint density at radius 1 is 1.32 bits per heavy atom. The first-order valence-electron chi connectivity index (χ1n) is 6.79. The van der Waals surface area contributed by atoms with Crippen LogP contribution in [0.1, 0.15) is 52.1 Å². The lowest BCUT2D eigenvalue weighted by atomic mass is 10.1. The highest BCUT2D eigenvalue weighted by molar-refractivity contribution is 7.12. The lowest BCUT2D eigenvalue weighted by molar-refractivity contribution is 0.192. The highest BCUT2D eigenvalue weighted by Gasteiger charge is 2.44. The Labute approximate surface area is 115 Å². The molecule has 100 valence electrons. The van der Waals surface area contributed by atoms with Gasteiger partial charge in [0.15, 0.2) is 5.82 Å². The van der Waals surface area contributed by atoms with Crippen LogP contribution in [0.25, 0.3) is 0 Å². The summed E-state index contributed by atoms with van der Waals surface area (Å²) in [6, 6.07) is 4.41. The minimum atomic E-state index is 0.332. The highest BCUT2D eigenvalue weighted by atomic mass is 32.1. The van der Waals surface area contributed by atoms with Crippen LogP contribution in [0, 0.1) is 6.92 Å². The second kappa shape index (κ2) is 4.42. The van der Waals surface area contributed by atoms with E-state index in [2.05, 4.69) is 29.2 Å². The summed E-state index contributed by atoms with van der Waals surface area (Å²) in [4.78, 5) is 7.40. The van der Waals surface area contributed by atoms with E-state index in [0.717, 1.165) is 37.8 Å². The molecule has 2 aromatic rings. The molecular weight excluding hydrogens is 260 g/mol. The molecule has 2 fully saturated rings. The van der Waals surface area contributed by atoms with E-state index < -0.39 is 0 Å². The minimum absolute atomic E-state index is 0.332. The van der Waals surface area contributed by atoms with Crippen LogP contribution in [0.15, 0.2) is 16.7 Å². The van der Waals surface area contributed by atoms with Gasteiger partial charge in [-0.25, -0.2) is 0 Å². The van der Waals surface area contributed by atoms with Crippen molar-refractivity contribution >= 4 is 11.3 Å². The lowest BCUT2D eigenvalue weighted by Crippen LogP contribution is -1.99. The molecule has 2 aliphatic rings. The van der Waals surface area contributed by atoms with Crippen LogP contribution in [-0.2, 0) is 4.74 Å². The van der Waals surface area contributed by atoms with Crippen molar-refractivity contribution in [2.75, 3.05) is 13.2 Å². The molecule has 0 aromatic carbocycles. The number of hydrogen-bond acceptors (Lipinski definition) is 5. The first kappa shape index (κ1) is 11.6. The number of rotatable bonds is 3. The van der Waals surface area contributed by atoms with Gasteiger partial charge in [0, 0.05) is 34.1 Å². The third-order valence-corrected chi connectivity index (χ3v) is 5.12. The van der Waals surface area contributed by atoms with Crippen LogP contribution < -0.4 is 0 Å². The van der Waals surface area contributed by atoms with E-state index in [0.29, 0.717) is 17.8 Å². The van der Waals surface area contributed by atoms with Gasteiger partial charge in [-0.15, -0.1) is 11.3 Å². The third kappa shape index (κ3) is 2.11. The molecule has 1 saturated carbocycles. The van der Waals surface area contributed by atoms with Crippen molar-refractivity contribution in [2.24, 2.45) is 0 Å². The first-order valence-corrected chi connectivity index (χ1v) is 7.60. The van der Waals surface area contributed by atoms with Gasteiger partial charge in [-0.3, -0.25) is 0 Å². The maximum atomic E-state index is 5.45. The summed E-state index contributed by atoms with van der Waals surface area (Å²) < 4.78 is 10.8. The van der Waals surface area contributed by atoms with Crippen LogP contribution >= 0.6 is 11.3 Å². The average molecular weight is 276 g/mol. The van der Waals surface area contributed by atoms with Gasteiger partial charge in [0.1, 0.15) is 0 Å². The molecule has 3 unspecified atom stereocenters. The molecule has 1 saturated heterocycles. The highest BCUT2D eigenvalue weighted by Crippen LogP contribution is 2.55. The van der Waals surface area contributed by atoms with Gasteiger partial charge in [-0.2, -0.15) is 4.98 Å². The first-order chi connectivity index (χ1) is 9.31. The molecule has 0 N–H and O–H groups in total. The summed E-state index contributed by atoms with van der Waals surface area (Å²) in [7, 11) is 0. The summed E-state index contributed by atoms with van der Waals surface area (Å²) >= 11 is 1.88. The van der Waals surface area contributed by atoms with Crippen LogP contribution in [0.2, 0.25) is 0 Å². The molecule has 1 aliphatic carbocycles. The second-order valence-corrected chi connectivity index (χ2v) is 6.77. The van der Waals surface area contributed by atoms with Crippen molar-refractivity contribution < 1.29 is 9.26 Å². The Morgan fingerprint density at radius 3 is 3.00 bits per heavy atom. The molecule has 4 nitrogen and oxygen atoms in total. The minimum Gasteiger partial charge on any atom is -0.381 e. The molecule has 0 bridgehead atoms. The maximum absolute atomic E-state index is 5.45. The van der Waals surface area contributed by atoms with Crippen LogP contribution in [-0.4, -0.2) is 23.4 Å². The van der Waals surface area contributed by atoms with Gasteiger partial charge in [0.05, 0.1) is 6.61 Å². The summed E-state index contributed by atoms with van der Waals surface area (Å²) in [5.74, 6) is 3.01. The fourth-order valence-corrected chi connectivity index (χ4v) is 3.79. The summed E-state index contributed by atoms with van der Waals surface area (Å²) in [5, 5.41) is 4.13. The van der Waals surface area contributed by atoms with E-state index in [-0.39, 0.29) is 0 Å².